The van der Waals surface area contributed by atoms with E-state index in [-0.39, 0.29) is 31.3 Å². The van der Waals surface area contributed by atoms with E-state index in [1.165, 1.54) is 0 Å². The third kappa shape index (κ3) is 3.50. The molecule has 0 fully saturated rings. The van der Waals surface area contributed by atoms with Crippen molar-refractivity contribution in [3.8, 4) is 17.2 Å². The Morgan fingerprint density at radius 3 is 2.77 bits per heavy atom. The first-order valence-corrected chi connectivity index (χ1v) is 8.05. The van der Waals surface area contributed by atoms with Crippen LogP contribution >= 0.6 is 0 Å². The van der Waals surface area contributed by atoms with E-state index in [4.69, 9.17) is 18.6 Å². The molecule has 2 aromatic rings. The van der Waals surface area contributed by atoms with Crippen molar-refractivity contribution in [3.05, 3.63) is 51.6 Å². The van der Waals surface area contributed by atoms with Gasteiger partial charge in [0, 0.05) is 6.07 Å². The summed E-state index contributed by atoms with van der Waals surface area (Å²) in [6.07, 6.45) is -0.168. The molecule has 8 nitrogen and oxygen atoms in total. The highest BCUT2D eigenvalue weighted by atomic mass is 16.7. The first-order valence-electron chi connectivity index (χ1n) is 8.05. The summed E-state index contributed by atoms with van der Waals surface area (Å²) in [6.45, 7) is 1.44. The number of aliphatic hydroxyl groups excluding tert-OH is 1. The van der Waals surface area contributed by atoms with Gasteiger partial charge in [0.2, 0.25) is 18.0 Å². The molecule has 26 heavy (non-hydrogen) atoms. The molecule has 2 N–H and O–H groups in total. The summed E-state index contributed by atoms with van der Waals surface area (Å²) in [7, 11) is 0. The molecule has 0 saturated heterocycles. The number of hydrogen-bond acceptors (Lipinski definition) is 8. The third-order valence-corrected chi connectivity index (χ3v) is 3.95. The van der Waals surface area contributed by atoms with Crippen LogP contribution in [-0.2, 0) is 16.1 Å². The second-order valence-corrected chi connectivity index (χ2v) is 5.62. The summed E-state index contributed by atoms with van der Waals surface area (Å²) in [5, 5.41) is 19.5. The SMILES string of the molecule is CCOC(=O)C[C@H](c1ccc2c(c1)OCO2)c1oc(CO)cc(=O)c1O. The zero-order valence-corrected chi connectivity index (χ0v) is 14.1. The van der Waals surface area contributed by atoms with E-state index in [1.54, 1.807) is 25.1 Å². The predicted molar refractivity (Wildman–Crippen MR) is 88.2 cm³/mol. The van der Waals surface area contributed by atoms with E-state index >= 15 is 0 Å². The standard InChI is InChI=1S/C18H18O8/c1-2-23-16(21)7-12(10-3-4-14-15(5-10)25-9-24-14)18-17(22)13(20)6-11(8-19)26-18/h3-6,12,19,22H,2,7-9H2,1H3/t12-/m1/s1. The number of rotatable bonds is 6. The smallest absolute Gasteiger partial charge is 0.306 e. The maximum absolute atomic E-state index is 12.1. The van der Waals surface area contributed by atoms with Gasteiger partial charge in [-0.15, -0.1) is 0 Å². The molecule has 1 aromatic carbocycles. The van der Waals surface area contributed by atoms with Gasteiger partial charge in [-0.2, -0.15) is 0 Å². The van der Waals surface area contributed by atoms with Gasteiger partial charge >= 0.3 is 5.97 Å². The number of aliphatic hydroxyl groups is 1. The summed E-state index contributed by atoms with van der Waals surface area (Å²) in [4.78, 5) is 24.0. The number of ether oxygens (including phenoxy) is 3. The number of hydrogen-bond donors (Lipinski definition) is 2. The van der Waals surface area contributed by atoms with Crippen molar-refractivity contribution >= 4 is 5.97 Å². The molecule has 3 rings (SSSR count). The molecule has 0 radical (unpaired) electrons. The first kappa shape index (κ1) is 17.8. The fourth-order valence-electron chi connectivity index (χ4n) is 2.75. The van der Waals surface area contributed by atoms with Crippen molar-refractivity contribution in [2.75, 3.05) is 13.4 Å². The van der Waals surface area contributed by atoms with E-state index in [1.807, 2.05) is 0 Å². The Labute approximate surface area is 148 Å². The van der Waals surface area contributed by atoms with Gasteiger partial charge in [0.15, 0.2) is 17.3 Å². The van der Waals surface area contributed by atoms with E-state index in [0.29, 0.717) is 17.1 Å². The van der Waals surface area contributed by atoms with Gasteiger partial charge in [-0.3, -0.25) is 9.59 Å². The van der Waals surface area contributed by atoms with Gasteiger partial charge in [-0.1, -0.05) is 6.07 Å². The molecule has 2 heterocycles. The van der Waals surface area contributed by atoms with Crippen molar-refractivity contribution < 1.29 is 33.6 Å². The van der Waals surface area contributed by atoms with Gasteiger partial charge in [-0.25, -0.2) is 0 Å². The van der Waals surface area contributed by atoms with Crippen LogP contribution in [0.4, 0.5) is 0 Å². The lowest BCUT2D eigenvalue weighted by Crippen LogP contribution is -2.15. The Morgan fingerprint density at radius 2 is 2.04 bits per heavy atom. The number of fused-ring (bicyclic) bond motifs is 1. The molecule has 0 amide bonds. The monoisotopic (exact) mass is 362 g/mol. The van der Waals surface area contributed by atoms with Crippen molar-refractivity contribution in [3.63, 3.8) is 0 Å². The largest absolute Gasteiger partial charge is 0.502 e. The number of esters is 1. The Bertz CT molecular complexity index is 870. The molecule has 0 unspecified atom stereocenters. The van der Waals surface area contributed by atoms with Crippen molar-refractivity contribution in [1.29, 1.82) is 0 Å². The average molecular weight is 362 g/mol. The summed E-state index contributed by atoms with van der Waals surface area (Å²) < 4.78 is 21.1. The molecule has 1 aliphatic heterocycles. The lowest BCUT2D eigenvalue weighted by molar-refractivity contribution is -0.143. The quantitative estimate of drug-likeness (QED) is 0.746. The van der Waals surface area contributed by atoms with Gasteiger partial charge in [-0.05, 0) is 24.6 Å². The molecule has 8 heteroatoms. The normalized spacial score (nSPS) is 13.5. The van der Waals surface area contributed by atoms with Crippen molar-refractivity contribution in [2.24, 2.45) is 0 Å². The Hall–Kier alpha value is -3.00. The van der Waals surface area contributed by atoms with Crippen LogP contribution in [0.15, 0.2) is 33.5 Å². The molecular weight excluding hydrogens is 344 g/mol. The van der Waals surface area contributed by atoms with E-state index in [9.17, 15) is 19.8 Å². The van der Waals surface area contributed by atoms with Gasteiger partial charge in [0.05, 0.1) is 18.9 Å². The second-order valence-electron chi connectivity index (χ2n) is 5.62. The molecule has 1 aromatic heterocycles. The highest BCUT2D eigenvalue weighted by molar-refractivity contribution is 5.71. The lowest BCUT2D eigenvalue weighted by atomic mass is 9.92. The Morgan fingerprint density at radius 1 is 1.27 bits per heavy atom. The van der Waals surface area contributed by atoms with Crippen LogP contribution in [0, 0.1) is 0 Å². The number of carbonyl (C=O) groups excluding carboxylic acids is 1. The number of carbonyl (C=O) groups is 1. The highest BCUT2D eigenvalue weighted by Crippen LogP contribution is 2.39. The van der Waals surface area contributed by atoms with Gasteiger partial charge < -0.3 is 28.8 Å². The van der Waals surface area contributed by atoms with Gasteiger partial charge in [0.1, 0.15) is 12.4 Å². The fraction of sp³-hybridized carbons (Fsp3) is 0.333. The number of aromatic hydroxyl groups is 1. The summed E-state index contributed by atoms with van der Waals surface area (Å²) in [6, 6.07) is 6.00. The van der Waals surface area contributed by atoms with Crippen LogP contribution in [-0.4, -0.2) is 29.6 Å². The first-order chi connectivity index (χ1) is 12.5. The molecule has 0 spiro atoms. The minimum Gasteiger partial charge on any atom is -0.502 e. The maximum Gasteiger partial charge on any atom is 0.306 e. The zero-order chi connectivity index (χ0) is 18.7. The third-order valence-electron chi connectivity index (χ3n) is 3.95. The van der Waals surface area contributed by atoms with Crippen LogP contribution in [0.5, 0.6) is 17.2 Å². The predicted octanol–water partition coefficient (Wildman–Crippen LogP) is 1.65. The Kier molecular flexibility index (Phi) is 5.13. The maximum atomic E-state index is 12.1. The molecule has 1 atom stereocenters. The average Bonchev–Trinajstić information content (AvgIpc) is 3.10. The summed E-state index contributed by atoms with van der Waals surface area (Å²) in [5.41, 5.74) is -0.138. The summed E-state index contributed by atoms with van der Waals surface area (Å²) >= 11 is 0. The Balaban J connectivity index is 2.08. The molecule has 138 valence electrons. The highest BCUT2D eigenvalue weighted by Gasteiger charge is 2.28. The van der Waals surface area contributed by atoms with Crippen molar-refractivity contribution in [2.45, 2.75) is 25.9 Å². The van der Waals surface area contributed by atoms with E-state index in [2.05, 4.69) is 0 Å². The fourth-order valence-corrected chi connectivity index (χ4v) is 2.75. The van der Waals surface area contributed by atoms with Crippen LogP contribution in [0.3, 0.4) is 0 Å². The molecular formula is C18H18O8. The molecule has 0 saturated carbocycles. The van der Waals surface area contributed by atoms with E-state index < -0.39 is 29.7 Å². The molecule has 0 aliphatic carbocycles. The molecule has 0 bridgehead atoms. The molecule has 1 aliphatic rings. The minimum atomic E-state index is -0.803. The number of benzene rings is 1. The van der Waals surface area contributed by atoms with Crippen LogP contribution < -0.4 is 14.9 Å². The second kappa shape index (κ2) is 7.49. The topological polar surface area (TPSA) is 115 Å². The van der Waals surface area contributed by atoms with E-state index in [0.717, 1.165) is 6.07 Å². The zero-order valence-electron chi connectivity index (χ0n) is 14.1. The van der Waals surface area contributed by atoms with Crippen LogP contribution in [0.1, 0.15) is 36.3 Å². The lowest BCUT2D eigenvalue weighted by Gasteiger charge is -2.18. The van der Waals surface area contributed by atoms with Crippen LogP contribution in [0.25, 0.3) is 0 Å². The van der Waals surface area contributed by atoms with Gasteiger partial charge in [0.25, 0.3) is 0 Å². The van der Waals surface area contributed by atoms with Crippen molar-refractivity contribution in [1.82, 2.24) is 0 Å². The van der Waals surface area contributed by atoms with Crippen LogP contribution in [0.2, 0.25) is 0 Å². The summed E-state index contributed by atoms with van der Waals surface area (Å²) in [5.74, 6) is -1.04. The minimum absolute atomic E-state index is 0.0163.